The topological polar surface area (TPSA) is 17.1 Å². The fourth-order valence-electron chi connectivity index (χ4n) is 0.940. The molecule has 0 saturated heterocycles. The van der Waals surface area contributed by atoms with Gasteiger partial charge in [0.1, 0.15) is 12.1 Å². The van der Waals surface area contributed by atoms with Crippen LogP contribution in [0.1, 0.15) is 5.56 Å². The fourth-order valence-corrected chi connectivity index (χ4v) is 1.32. The lowest BCUT2D eigenvalue weighted by Crippen LogP contribution is -2.04. The van der Waals surface area contributed by atoms with Gasteiger partial charge in [-0.25, -0.2) is 4.39 Å². The molecule has 13 heavy (non-hydrogen) atoms. The second-order valence-electron chi connectivity index (χ2n) is 2.60. The van der Waals surface area contributed by atoms with Crippen LogP contribution in [0.5, 0.6) is 0 Å². The molecule has 0 aliphatic rings. The Hall–Kier alpha value is -0.600. The van der Waals surface area contributed by atoms with E-state index in [2.05, 4.69) is 0 Å². The summed E-state index contributed by atoms with van der Waals surface area (Å²) >= 11 is 11.1. The lowest BCUT2D eigenvalue weighted by molar-refractivity contribution is -0.107. The molecule has 1 nitrogen and oxygen atoms in total. The molecule has 0 aromatic heterocycles. The highest BCUT2D eigenvalue weighted by Gasteiger charge is 2.06. The van der Waals surface area contributed by atoms with Gasteiger partial charge in [-0.2, -0.15) is 0 Å². The zero-order chi connectivity index (χ0) is 9.84. The molecule has 1 rings (SSSR count). The Morgan fingerprint density at radius 2 is 2.23 bits per heavy atom. The van der Waals surface area contributed by atoms with Crippen molar-refractivity contribution in [2.45, 2.75) is 11.8 Å². The molecule has 0 amide bonds. The van der Waals surface area contributed by atoms with Crippen molar-refractivity contribution in [3.63, 3.8) is 0 Å². The SMILES string of the molecule is O=CC(Cl)Cc1ccc(F)c(Cl)c1. The van der Waals surface area contributed by atoms with Crippen LogP contribution in [0.2, 0.25) is 5.02 Å². The number of carbonyl (C=O) groups excluding carboxylic acids is 1. The van der Waals surface area contributed by atoms with Crippen molar-refractivity contribution in [3.05, 3.63) is 34.6 Å². The monoisotopic (exact) mass is 220 g/mol. The van der Waals surface area contributed by atoms with Gasteiger partial charge >= 0.3 is 0 Å². The number of halogens is 3. The van der Waals surface area contributed by atoms with Crippen molar-refractivity contribution in [2.24, 2.45) is 0 Å². The van der Waals surface area contributed by atoms with Crippen LogP contribution in [0, 0.1) is 5.82 Å². The predicted octanol–water partition coefficient (Wildman–Crippen LogP) is 2.83. The molecule has 4 heteroatoms. The summed E-state index contributed by atoms with van der Waals surface area (Å²) < 4.78 is 12.7. The first-order valence-electron chi connectivity index (χ1n) is 3.67. The van der Waals surface area contributed by atoms with Gasteiger partial charge in [-0.1, -0.05) is 17.7 Å². The van der Waals surface area contributed by atoms with Gasteiger partial charge in [0.15, 0.2) is 0 Å². The summed E-state index contributed by atoms with van der Waals surface area (Å²) in [6, 6.07) is 4.28. The van der Waals surface area contributed by atoms with Crippen LogP contribution in [0.3, 0.4) is 0 Å². The summed E-state index contributed by atoms with van der Waals surface area (Å²) in [5.74, 6) is -0.470. The molecule has 0 N–H and O–H groups in total. The van der Waals surface area contributed by atoms with E-state index in [1.165, 1.54) is 12.1 Å². The third-order valence-electron chi connectivity index (χ3n) is 1.56. The minimum Gasteiger partial charge on any atom is -0.302 e. The van der Waals surface area contributed by atoms with Gasteiger partial charge in [-0.05, 0) is 24.1 Å². The molecule has 0 bridgehead atoms. The molecule has 0 aliphatic carbocycles. The third-order valence-corrected chi connectivity index (χ3v) is 2.11. The van der Waals surface area contributed by atoms with E-state index in [1.807, 2.05) is 0 Å². The maximum atomic E-state index is 12.7. The summed E-state index contributed by atoms with van der Waals surface area (Å²) in [5, 5.41) is -0.534. The van der Waals surface area contributed by atoms with E-state index < -0.39 is 11.2 Å². The summed E-state index contributed by atoms with van der Waals surface area (Å²) in [5.41, 5.74) is 0.749. The Morgan fingerprint density at radius 3 is 2.77 bits per heavy atom. The molecule has 0 saturated carbocycles. The van der Waals surface area contributed by atoms with Crippen LogP contribution in [-0.2, 0) is 11.2 Å². The summed E-state index contributed by atoms with van der Waals surface area (Å²) in [6.45, 7) is 0. The van der Waals surface area contributed by atoms with Crippen LogP contribution in [-0.4, -0.2) is 11.7 Å². The highest BCUT2D eigenvalue weighted by atomic mass is 35.5. The van der Waals surface area contributed by atoms with Crippen molar-refractivity contribution in [2.75, 3.05) is 0 Å². The Bertz CT molecular complexity index is 314. The molecular formula is C9H7Cl2FO. The fraction of sp³-hybridized carbons (Fsp3) is 0.222. The second-order valence-corrected chi connectivity index (χ2v) is 3.57. The van der Waals surface area contributed by atoms with Crippen LogP contribution in [0.4, 0.5) is 4.39 Å². The number of hydrogen-bond donors (Lipinski definition) is 0. The van der Waals surface area contributed by atoms with E-state index in [1.54, 1.807) is 6.07 Å². The minimum absolute atomic E-state index is 0.0484. The smallest absolute Gasteiger partial charge is 0.141 e. The number of hydrogen-bond acceptors (Lipinski definition) is 1. The molecule has 1 aromatic rings. The molecule has 1 unspecified atom stereocenters. The molecule has 0 aliphatic heterocycles. The van der Waals surface area contributed by atoms with E-state index >= 15 is 0 Å². The summed E-state index contributed by atoms with van der Waals surface area (Å²) in [6.07, 6.45) is 1.00. The Kier molecular flexibility index (Phi) is 3.70. The van der Waals surface area contributed by atoms with Gasteiger partial charge in [-0.15, -0.1) is 11.6 Å². The number of aldehydes is 1. The molecule has 70 valence electrons. The molecule has 0 heterocycles. The Labute approximate surface area is 85.5 Å². The highest BCUT2D eigenvalue weighted by molar-refractivity contribution is 6.30. The lowest BCUT2D eigenvalue weighted by Gasteiger charge is -2.02. The van der Waals surface area contributed by atoms with E-state index in [0.29, 0.717) is 12.7 Å². The van der Waals surface area contributed by atoms with Crippen molar-refractivity contribution in [1.82, 2.24) is 0 Å². The largest absolute Gasteiger partial charge is 0.302 e. The van der Waals surface area contributed by atoms with E-state index in [0.717, 1.165) is 5.56 Å². The lowest BCUT2D eigenvalue weighted by atomic mass is 10.1. The molecular weight excluding hydrogens is 214 g/mol. The van der Waals surface area contributed by atoms with Gasteiger partial charge in [0.2, 0.25) is 0 Å². The summed E-state index contributed by atoms with van der Waals surface area (Å²) in [4.78, 5) is 10.2. The molecule has 0 fully saturated rings. The highest BCUT2D eigenvalue weighted by Crippen LogP contribution is 2.17. The zero-order valence-electron chi connectivity index (χ0n) is 6.64. The third kappa shape index (κ3) is 2.98. The molecule has 0 spiro atoms. The second kappa shape index (κ2) is 4.58. The average Bonchev–Trinajstić information content (AvgIpc) is 2.11. The van der Waals surface area contributed by atoms with Crippen LogP contribution in [0.15, 0.2) is 18.2 Å². The van der Waals surface area contributed by atoms with E-state index in [4.69, 9.17) is 23.2 Å². The minimum atomic E-state index is -0.582. The van der Waals surface area contributed by atoms with Crippen LogP contribution >= 0.6 is 23.2 Å². The number of alkyl halides is 1. The maximum absolute atomic E-state index is 12.7. The van der Waals surface area contributed by atoms with Gasteiger partial charge in [0.05, 0.1) is 10.4 Å². The van der Waals surface area contributed by atoms with Crippen molar-refractivity contribution in [3.8, 4) is 0 Å². The van der Waals surface area contributed by atoms with Gasteiger partial charge in [-0.3, -0.25) is 0 Å². The predicted molar refractivity (Wildman–Crippen MR) is 50.8 cm³/mol. The molecule has 0 radical (unpaired) electrons. The zero-order valence-corrected chi connectivity index (χ0v) is 8.15. The average molecular weight is 221 g/mol. The number of benzene rings is 1. The van der Waals surface area contributed by atoms with Gasteiger partial charge < -0.3 is 4.79 Å². The number of rotatable bonds is 3. The molecule has 1 atom stereocenters. The maximum Gasteiger partial charge on any atom is 0.141 e. The van der Waals surface area contributed by atoms with Crippen molar-refractivity contribution in [1.29, 1.82) is 0 Å². The van der Waals surface area contributed by atoms with Gasteiger partial charge in [0, 0.05) is 0 Å². The van der Waals surface area contributed by atoms with Crippen LogP contribution < -0.4 is 0 Å². The van der Waals surface area contributed by atoms with Gasteiger partial charge in [0.25, 0.3) is 0 Å². The summed E-state index contributed by atoms with van der Waals surface area (Å²) in [7, 11) is 0. The standard InChI is InChI=1S/C9H7Cl2FO/c10-7(5-13)3-6-1-2-9(12)8(11)4-6/h1-2,4-5,7H,3H2. The van der Waals surface area contributed by atoms with E-state index in [9.17, 15) is 9.18 Å². The normalized spacial score (nSPS) is 12.5. The first-order chi connectivity index (χ1) is 6.13. The number of carbonyl (C=O) groups is 1. The Morgan fingerprint density at radius 1 is 1.54 bits per heavy atom. The van der Waals surface area contributed by atoms with E-state index in [-0.39, 0.29) is 5.02 Å². The molecule has 1 aromatic carbocycles. The quantitative estimate of drug-likeness (QED) is 0.566. The van der Waals surface area contributed by atoms with Crippen LogP contribution in [0.25, 0.3) is 0 Å². The Balaban J connectivity index is 2.79. The first-order valence-corrected chi connectivity index (χ1v) is 4.48. The van der Waals surface area contributed by atoms with Crippen molar-refractivity contribution < 1.29 is 9.18 Å². The van der Waals surface area contributed by atoms with Crippen molar-refractivity contribution >= 4 is 29.5 Å². The first kappa shape index (κ1) is 10.5.